The lowest BCUT2D eigenvalue weighted by atomic mass is 9.96. The predicted octanol–water partition coefficient (Wildman–Crippen LogP) is 2.48. The van der Waals surface area contributed by atoms with Gasteiger partial charge in [0.25, 0.3) is 5.91 Å². The van der Waals surface area contributed by atoms with E-state index in [0.717, 1.165) is 43.9 Å². The zero-order valence-electron chi connectivity index (χ0n) is 15.9. The van der Waals surface area contributed by atoms with Gasteiger partial charge in [-0.3, -0.25) is 4.79 Å². The zero-order chi connectivity index (χ0) is 18.7. The van der Waals surface area contributed by atoms with Gasteiger partial charge in [0, 0.05) is 44.5 Å². The lowest BCUT2D eigenvalue weighted by Gasteiger charge is -2.33. The molecule has 0 saturated carbocycles. The lowest BCUT2D eigenvalue weighted by molar-refractivity contribution is 0.0700. The minimum atomic E-state index is -0.0951. The molecule has 6 heteroatoms. The Kier molecular flexibility index (Phi) is 5.61. The minimum absolute atomic E-state index is 0.0511. The van der Waals surface area contributed by atoms with E-state index >= 15 is 0 Å². The monoisotopic (exact) mass is 356 g/mol. The number of nitrogens with zero attached hydrogens (tertiary/aromatic N) is 4. The summed E-state index contributed by atoms with van der Waals surface area (Å²) < 4.78 is 2.20. The van der Waals surface area contributed by atoms with Crippen LogP contribution < -0.4 is 0 Å². The van der Waals surface area contributed by atoms with Gasteiger partial charge in [0.2, 0.25) is 0 Å². The average Bonchev–Trinajstić information content (AvgIpc) is 3.10. The number of carbonyl (C=O) groups excluding carboxylic acids is 1. The summed E-state index contributed by atoms with van der Waals surface area (Å²) >= 11 is 0. The number of carbonyl (C=O) groups is 1. The van der Waals surface area contributed by atoms with E-state index in [2.05, 4.69) is 28.5 Å². The fraction of sp³-hybridized carbons (Fsp3) is 0.500. The molecule has 1 aromatic heterocycles. The number of hydrogen-bond acceptors (Lipinski definition) is 4. The summed E-state index contributed by atoms with van der Waals surface area (Å²) in [7, 11) is 4.12. The molecular formula is C20H28N4O2. The molecule has 1 aliphatic heterocycles. The number of aromatic nitrogens is 2. The van der Waals surface area contributed by atoms with Crippen LogP contribution in [0, 0.1) is 6.92 Å². The van der Waals surface area contributed by atoms with E-state index in [1.807, 2.05) is 30.3 Å². The molecular weight excluding hydrogens is 328 g/mol. The van der Waals surface area contributed by atoms with Crippen molar-refractivity contribution in [1.82, 2.24) is 19.4 Å². The maximum atomic E-state index is 12.9. The topological polar surface area (TPSA) is 61.6 Å². The largest absolute Gasteiger partial charge is 0.507 e. The Bertz CT molecular complexity index is 769. The van der Waals surface area contributed by atoms with Crippen molar-refractivity contribution in [2.24, 2.45) is 0 Å². The molecule has 140 valence electrons. The van der Waals surface area contributed by atoms with Gasteiger partial charge in [0.1, 0.15) is 11.6 Å². The lowest BCUT2D eigenvalue weighted by Crippen LogP contribution is -2.40. The first-order chi connectivity index (χ1) is 12.5. The van der Waals surface area contributed by atoms with Gasteiger partial charge in [0.15, 0.2) is 0 Å². The molecule has 1 aromatic carbocycles. The van der Waals surface area contributed by atoms with Crippen LogP contribution in [-0.2, 0) is 6.54 Å². The number of piperidine rings is 1. The fourth-order valence-corrected chi connectivity index (χ4v) is 3.54. The second kappa shape index (κ2) is 7.91. The van der Waals surface area contributed by atoms with Gasteiger partial charge < -0.3 is 19.5 Å². The standard InChI is InChI=1S/C20H28N4O2/c1-15-6-7-18(25)17(13-15)20(26)24-9-4-5-16(14-24)19-21-8-10-23(19)12-11-22(2)3/h6-8,10,13,16,25H,4-5,9,11-12,14H2,1-3H3/t16-/m0/s1. The molecule has 2 aromatic rings. The molecule has 0 bridgehead atoms. The number of imidazole rings is 1. The highest BCUT2D eigenvalue weighted by molar-refractivity contribution is 5.97. The Morgan fingerprint density at radius 3 is 2.96 bits per heavy atom. The summed E-state index contributed by atoms with van der Waals surface area (Å²) in [6, 6.07) is 5.17. The highest BCUT2D eigenvalue weighted by atomic mass is 16.3. The third kappa shape index (κ3) is 4.07. The number of amides is 1. The van der Waals surface area contributed by atoms with Crippen LogP contribution in [0.1, 0.15) is 40.5 Å². The normalized spacial score (nSPS) is 17.7. The molecule has 1 aliphatic rings. The maximum absolute atomic E-state index is 12.9. The van der Waals surface area contributed by atoms with Crippen LogP contribution in [0.3, 0.4) is 0 Å². The smallest absolute Gasteiger partial charge is 0.257 e. The van der Waals surface area contributed by atoms with Crippen molar-refractivity contribution >= 4 is 5.91 Å². The number of likely N-dealkylation sites (N-methyl/N-ethyl adjacent to an activating group) is 1. The van der Waals surface area contributed by atoms with Gasteiger partial charge in [-0.05, 0) is 46.0 Å². The second-order valence-corrected chi connectivity index (χ2v) is 7.39. The van der Waals surface area contributed by atoms with Crippen LogP contribution in [0.4, 0.5) is 0 Å². The molecule has 3 rings (SSSR count). The molecule has 0 aliphatic carbocycles. The summed E-state index contributed by atoms with van der Waals surface area (Å²) in [5.41, 5.74) is 1.36. The van der Waals surface area contributed by atoms with Crippen molar-refractivity contribution in [3.63, 3.8) is 0 Å². The number of aromatic hydroxyl groups is 1. The number of rotatable bonds is 5. The van der Waals surface area contributed by atoms with Crippen LogP contribution in [-0.4, -0.2) is 64.1 Å². The first kappa shape index (κ1) is 18.5. The highest BCUT2D eigenvalue weighted by Crippen LogP contribution is 2.28. The summed E-state index contributed by atoms with van der Waals surface area (Å²) in [5.74, 6) is 1.24. The van der Waals surface area contributed by atoms with Crippen molar-refractivity contribution in [1.29, 1.82) is 0 Å². The molecule has 0 radical (unpaired) electrons. The van der Waals surface area contributed by atoms with Crippen LogP contribution in [0.5, 0.6) is 5.75 Å². The molecule has 0 spiro atoms. The zero-order valence-corrected chi connectivity index (χ0v) is 15.9. The first-order valence-corrected chi connectivity index (χ1v) is 9.20. The van der Waals surface area contributed by atoms with Crippen molar-refractivity contribution in [2.75, 3.05) is 33.7 Å². The van der Waals surface area contributed by atoms with Gasteiger partial charge in [-0.15, -0.1) is 0 Å². The molecule has 1 saturated heterocycles. The Hall–Kier alpha value is -2.34. The van der Waals surface area contributed by atoms with Crippen LogP contribution >= 0.6 is 0 Å². The van der Waals surface area contributed by atoms with Crippen molar-refractivity contribution in [2.45, 2.75) is 32.2 Å². The van der Waals surface area contributed by atoms with E-state index in [1.54, 1.807) is 12.1 Å². The minimum Gasteiger partial charge on any atom is -0.507 e. The van der Waals surface area contributed by atoms with Crippen LogP contribution in [0.25, 0.3) is 0 Å². The molecule has 6 nitrogen and oxygen atoms in total. The van der Waals surface area contributed by atoms with Crippen molar-refractivity contribution in [3.05, 3.63) is 47.5 Å². The van der Waals surface area contributed by atoms with E-state index in [0.29, 0.717) is 12.1 Å². The maximum Gasteiger partial charge on any atom is 0.257 e. The summed E-state index contributed by atoms with van der Waals surface area (Å²) in [6.07, 6.45) is 5.84. The first-order valence-electron chi connectivity index (χ1n) is 9.20. The van der Waals surface area contributed by atoms with Gasteiger partial charge in [-0.25, -0.2) is 4.98 Å². The highest BCUT2D eigenvalue weighted by Gasteiger charge is 2.29. The number of phenols is 1. The van der Waals surface area contributed by atoms with E-state index in [4.69, 9.17) is 0 Å². The van der Waals surface area contributed by atoms with E-state index in [1.165, 1.54) is 0 Å². The van der Waals surface area contributed by atoms with Gasteiger partial charge in [-0.1, -0.05) is 11.6 Å². The number of phenolic OH excluding ortho intramolecular Hbond substituents is 1. The van der Waals surface area contributed by atoms with Gasteiger partial charge >= 0.3 is 0 Å². The molecule has 1 N–H and O–H groups in total. The second-order valence-electron chi connectivity index (χ2n) is 7.39. The molecule has 26 heavy (non-hydrogen) atoms. The SMILES string of the molecule is Cc1ccc(O)c(C(=O)N2CCC[C@H](c3nccn3CCN(C)C)C2)c1. The predicted molar refractivity (Wildman–Crippen MR) is 102 cm³/mol. The number of hydrogen-bond donors (Lipinski definition) is 1. The molecule has 1 fully saturated rings. The fourth-order valence-electron chi connectivity index (χ4n) is 3.54. The molecule has 1 amide bonds. The van der Waals surface area contributed by atoms with Crippen LogP contribution in [0.2, 0.25) is 0 Å². The third-order valence-electron chi connectivity index (χ3n) is 4.99. The number of aryl methyl sites for hydroxylation is 1. The summed E-state index contributed by atoms with van der Waals surface area (Å²) in [4.78, 5) is 21.5. The van der Waals surface area contributed by atoms with Crippen molar-refractivity contribution < 1.29 is 9.90 Å². The Balaban J connectivity index is 1.75. The quantitative estimate of drug-likeness (QED) is 0.894. The number of likely N-dealkylation sites (tertiary alicyclic amines) is 1. The summed E-state index contributed by atoms with van der Waals surface area (Å²) in [5, 5.41) is 10.1. The third-order valence-corrected chi connectivity index (χ3v) is 4.99. The summed E-state index contributed by atoms with van der Waals surface area (Å²) in [6.45, 7) is 5.14. The van der Waals surface area contributed by atoms with E-state index in [9.17, 15) is 9.90 Å². The Labute approximate surface area is 155 Å². The Morgan fingerprint density at radius 2 is 2.19 bits per heavy atom. The van der Waals surface area contributed by atoms with Gasteiger partial charge in [0.05, 0.1) is 5.56 Å². The average molecular weight is 356 g/mol. The number of benzene rings is 1. The van der Waals surface area contributed by atoms with Crippen LogP contribution in [0.15, 0.2) is 30.6 Å². The Morgan fingerprint density at radius 1 is 1.38 bits per heavy atom. The van der Waals surface area contributed by atoms with Gasteiger partial charge in [-0.2, -0.15) is 0 Å². The van der Waals surface area contributed by atoms with E-state index < -0.39 is 0 Å². The molecule has 2 heterocycles. The van der Waals surface area contributed by atoms with E-state index in [-0.39, 0.29) is 17.6 Å². The molecule has 0 unspecified atom stereocenters. The van der Waals surface area contributed by atoms with Crippen molar-refractivity contribution in [3.8, 4) is 5.75 Å². The molecule has 1 atom stereocenters.